The molecule has 2 aliphatic rings. The standard InChI is InChI=1S/C30H30N4O2/c1-20(29(35)31-21-13-15-22(16-14-21)33-17-7-8-18-33)34-28(24-10-3-4-11-25(24)30(34)36)26-19-32(2)27-12-6-5-9-23(26)27/h3-6,9-16,19-20,28H,7-8,17-18H2,1-2H3,(H,31,35). The number of amides is 2. The lowest BCUT2D eigenvalue weighted by atomic mass is 9.97. The van der Waals surface area contributed by atoms with Gasteiger partial charge in [-0.1, -0.05) is 36.4 Å². The number of hydrogen-bond acceptors (Lipinski definition) is 3. The molecule has 6 rings (SSSR count). The van der Waals surface area contributed by atoms with Crippen molar-refractivity contribution in [1.29, 1.82) is 0 Å². The van der Waals surface area contributed by atoms with Crippen molar-refractivity contribution in [3.63, 3.8) is 0 Å². The van der Waals surface area contributed by atoms with Gasteiger partial charge in [0.05, 0.1) is 6.04 Å². The molecule has 2 aliphatic heterocycles. The van der Waals surface area contributed by atoms with Crippen LogP contribution >= 0.6 is 0 Å². The molecule has 2 unspecified atom stereocenters. The Labute approximate surface area is 211 Å². The quantitative estimate of drug-likeness (QED) is 0.421. The van der Waals surface area contributed by atoms with E-state index in [9.17, 15) is 9.59 Å². The first kappa shape index (κ1) is 22.4. The third-order valence-corrected chi connectivity index (χ3v) is 7.62. The zero-order valence-corrected chi connectivity index (χ0v) is 20.6. The number of carbonyl (C=O) groups is 2. The van der Waals surface area contributed by atoms with Crippen LogP contribution in [-0.2, 0) is 11.8 Å². The van der Waals surface area contributed by atoms with E-state index in [1.165, 1.54) is 18.5 Å². The van der Waals surface area contributed by atoms with Crippen molar-refractivity contribution < 1.29 is 9.59 Å². The lowest BCUT2D eigenvalue weighted by Gasteiger charge is -2.30. The van der Waals surface area contributed by atoms with Crippen molar-refractivity contribution in [2.45, 2.75) is 31.8 Å². The van der Waals surface area contributed by atoms with Crippen molar-refractivity contribution in [2.24, 2.45) is 7.05 Å². The molecular formula is C30H30N4O2. The van der Waals surface area contributed by atoms with Crippen LogP contribution in [0.15, 0.2) is 79.0 Å². The third-order valence-electron chi connectivity index (χ3n) is 7.62. The van der Waals surface area contributed by atoms with Crippen LogP contribution in [0.1, 0.15) is 47.3 Å². The van der Waals surface area contributed by atoms with Crippen LogP contribution in [0.3, 0.4) is 0 Å². The summed E-state index contributed by atoms with van der Waals surface area (Å²) in [5.74, 6) is -0.314. The van der Waals surface area contributed by atoms with Gasteiger partial charge in [-0.2, -0.15) is 0 Å². The number of para-hydroxylation sites is 1. The molecule has 1 fully saturated rings. The number of benzene rings is 3. The largest absolute Gasteiger partial charge is 0.372 e. The normalized spacial score (nSPS) is 18.1. The van der Waals surface area contributed by atoms with Gasteiger partial charge in [0.25, 0.3) is 5.91 Å². The molecule has 0 radical (unpaired) electrons. The van der Waals surface area contributed by atoms with E-state index in [0.29, 0.717) is 5.56 Å². The van der Waals surface area contributed by atoms with Crippen LogP contribution in [-0.4, -0.2) is 40.4 Å². The van der Waals surface area contributed by atoms with Crippen molar-refractivity contribution in [3.8, 4) is 0 Å². The Bertz CT molecular complexity index is 1450. The maximum absolute atomic E-state index is 13.6. The summed E-state index contributed by atoms with van der Waals surface area (Å²) >= 11 is 0. The smallest absolute Gasteiger partial charge is 0.255 e. The first-order valence-electron chi connectivity index (χ1n) is 12.6. The number of rotatable bonds is 5. The first-order valence-corrected chi connectivity index (χ1v) is 12.6. The van der Waals surface area contributed by atoms with Crippen LogP contribution in [0.5, 0.6) is 0 Å². The van der Waals surface area contributed by atoms with Crippen LogP contribution in [0.4, 0.5) is 11.4 Å². The molecule has 0 aliphatic carbocycles. The SMILES string of the molecule is CC(C(=O)Nc1ccc(N2CCCC2)cc1)N1C(=O)c2ccccc2C1c1cn(C)c2ccccc12. The number of fused-ring (bicyclic) bond motifs is 2. The molecule has 3 heterocycles. The average molecular weight is 479 g/mol. The lowest BCUT2D eigenvalue weighted by Crippen LogP contribution is -2.44. The molecule has 0 spiro atoms. The highest BCUT2D eigenvalue weighted by molar-refractivity contribution is 6.05. The number of anilines is 2. The second-order valence-corrected chi connectivity index (χ2v) is 9.82. The molecule has 1 N–H and O–H groups in total. The van der Waals surface area contributed by atoms with Crippen LogP contribution in [0, 0.1) is 0 Å². The lowest BCUT2D eigenvalue weighted by molar-refractivity contribution is -0.120. The maximum atomic E-state index is 13.6. The van der Waals surface area contributed by atoms with E-state index in [1.807, 2.05) is 62.5 Å². The van der Waals surface area contributed by atoms with E-state index >= 15 is 0 Å². The number of nitrogens with one attached hydrogen (secondary N) is 1. The Morgan fingerprint density at radius 1 is 0.917 bits per heavy atom. The molecule has 1 saturated heterocycles. The third kappa shape index (κ3) is 3.65. The summed E-state index contributed by atoms with van der Waals surface area (Å²) in [5.41, 5.74) is 5.64. The van der Waals surface area contributed by atoms with Crippen LogP contribution < -0.4 is 10.2 Å². The Morgan fingerprint density at radius 2 is 1.61 bits per heavy atom. The fraction of sp³-hybridized carbons (Fsp3) is 0.267. The molecule has 1 aromatic heterocycles. The van der Waals surface area contributed by atoms with E-state index in [1.54, 1.807) is 4.90 Å². The van der Waals surface area contributed by atoms with Gasteiger partial charge in [-0.05, 0) is 61.7 Å². The predicted molar refractivity (Wildman–Crippen MR) is 143 cm³/mol. The predicted octanol–water partition coefficient (Wildman–Crippen LogP) is 5.35. The number of aromatic nitrogens is 1. The maximum Gasteiger partial charge on any atom is 0.255 e. The minimum Gasteiger partial charge on any atom is -0.372 e. The molecule has 6 nitrogen and oxygen atoms in total. The summed E-state index contributed by atoms with van der Waals surface area (Å²) in [6.07, 6.45) is 4.53. The van der Waals surface area contributed by atoms with Gasteiger partial charge >= 0.3 is 0 Å². The van der Waals surface area contributed by atoms with E-state index < -0.39 is 6.04 Å². The van der Waals surface area contributed by atoms with Gasteiger partial charge in [0.2, 0.25) is 5.91 Å². The van der Waals surface area contributed by atoms with Crippen molar-refractivity contribution in [2.75, 3.05) is 23.3 Å². The highest BCUT2D eigenvalue weighted by Crippen LogP contribution is 2.42. The molecule has 36 heavy (non-hydrogen) atoms. The summed E-state index contributed by atoms with van der Waals surface area (Å²) in [7, 11) is 2.01. The molecule has 6 heteroatoms. The van der Waals surface area contributed by atoms with Gasteiger partial charge in [0, 0.05) is 59.7 Å². The molecular weight excluding hydrogens is 448 g/mol. The van der Waals surface area contributed by atoms with E-state index in [0.717, 1.165) is 40.8 Å². The number of aryl methyl sites for hydroxylation is 1. The molecule has 2 atom stereocenters. The molecule has 4 aromatic rings. The van der Waals surface area contributed by atoms with Gasteiger partial charge in [-0.15, -0.1) is 0 Å². The topological polar surface area (TPSA) is 57.6 Å². The summed E-state index contributed by atoms with van der Waals surface area (Å²) in [6.45, 7) is 3.97. The van der Waals surface area contributed by atoms with Gasteiger partial charge in [-0.25, -0.2) is 0 Å². The minimum absolute atomic E-state index is 0.115. The van der Waals surface area contributed by atoms with Crippen molar-refractivity contribution >= 4 is 34.1 Å². The van der Waals surface area contributed by atoms with Gasteiger partial charge in [-0.3, -0.25) is 9.59 Å². The van der Waals surface area contributed by atoms with Gasteiger partial charge in [0.1, 0.15) is 6.04 Å². The second-order valence-electron chi connectivity index (χ2n) is 9.82. The van der Waals surface area contributed by atoms with E-state index in [4.69, 9.17) is 0 Å². The molecule has 182 valence electrons. The number of nitrogens with zero attached hydrogens (tertiary/aromatic N) is 3. The zero-order chi connectivity index (χ0) is 24.8. The van der Waals surface area contributed by atoms with Crippen LogP contribution in [0.2, 0.25) is 0 Å². The monoisotopic (exact) mass is 478 g/mol. The average Bonchev–Trinajstić information content (AvgIpc) is 3.62. The summed E-state index contributed by atoms with van der Waals surface area (Å²) in [6, 6.07) is 22.9. The van der Waals surface area contributed by atoms with E-state index in [-0.39, 0.29) is 17.9 Å². The van der Waals surface area contributed by atoms with Gasteiger partial charge in [0.15, 0.2) is 0 Å². The summed E-state index contributed by atoms with van der Waals surface area (Å²) in [5, 5.41) is 4.13. The zero-order valence-electron chi connectivity index (χ0n) is 20.6. The van der Waals surface area contributed by atoms with Crippen molar-refractivity contribution in [1.82, 2.24) is 9.47 Å². The van der Waals surface area contributed by atoms with Crippen LogP contribution in [0.25, 0.3) is 10.9 Å². The first-order chi connectivity index (χ1) is 17.5. The Balaban J connectivity index is 1.32. The van der Waals surface area contributed by atoms with Gasteiger partial charge < -0.3 is 19.7 Å². The molecule has 3 aromatic carbocycles. The number of hydrogen-bond donors (Lipinski definition) is 1. The highest BCUT2D eigenvalue weighted by atomic mass is 16.2. The second kappa shape index (κ2) is 8.86. The molecule has 0 saturated carbocycles. The highest BCUT2D eigenvalue weighted by Gasteiger charge is 2.43. The summed E-state index contributed by atoms with van der Waals surface area (Å²) in [4.78, 5) is 31.2. The summed E-state index contributed by atoms with van der Waals surface area (Å²) < 4.78 is 2.08. The fourth-order valence-electron chi connectivity index (χ4n) is 5.75. The number of carbonyl (C=O) groups excluding carboxylic acids is 2. The Morgan fingerprint density at radius 3 is 2.39 bits per heavy atom. The Hall–Kier alpha value is -4.06. The Kier molecular flexibility index (Phi) is 5.52. The molecule has 0 bridgehead atoms. The minimum atomic E-state index is -0.660. The van der Waals surface area contributed by atoms with Crippen molar-refractivity contribution in [3.05, 3.63) is 95.7 Å². The fourth-order valence-corrected chi connectivity index (χ4v) is 5.75. The molecule has 2 amide bonds. The van der Waals surface area contributed by atoms with E-state index in [2.05, 4.69) is 45.2 Å².